The lowest BCUT2D eigenvalue weighted by molar-refractivity contribution is 0.597. The maximum absolute atomic E-state index is 5.94. The van der Waals surface area contributed by atoms with E-state index in [0.717, 1.165) is 0 Å². The minimum absolute atomic E-state index is 0.391. The van der Waals surface area contributed by atoms with Crippen molar-refractivity contribution in [1.82, 2.24) is 5.32 Å². The maximum Gasteiger partial charge on any atom is 0.127 e. The molecule has 1 unspecified atom stereocenters. The Morgan fingerprint density at radius 2 is 2.42 bits per heavy atom. The van der Waals surface area contributed by atoms with E-state index in [1.807, 2.05) is 0 Å². The van der Waals surface area contributed by atoms with Crippen LogP contribution in [0, 0.1) is 0 Å². The van der Waals surface area contributed by atoms with Gasteiger partial charge in [0.1, 0.15) is 5.16 Å². The fourth-order valence-corrected chi connectivity index (χ4v) is 1.29. The summed E-state index contributed by atoms with van der Waals surface area (Å²) >= 11 is 5.77. The molecule has 3 nitrogen and oxygen atoms in total. The van der Waals surface area contributed by atoms with Crippen molar-refractivity contribution in [1.29, 1.82) is 0 Å². The van der Waals surface area contributed by atoms with Gasteiger partial charge in [0.15, 0.2) is 0 Å². The van der Waals surface area contributed by atoms with Gasteiger partial charge < -0.3 is 16.8 Å². The predicted octanol–water partition coefficient (Wildman–Crippen LogP) is 0.744. The molecule has 0 aromatic rings. The van der Waals surface area contributed by atoms with E-state index in [9.17, 15) is 0 Å². The minimum atomic E-state index is -0.677. The van der Waals surface area contributed by atoms with Crippen LogP contribution in [0.25, 0.3) is 0 Å². The zero-order valence-electron chi connectivity index (χ0n) is 6.68. The summed E-state index contributed by atoms with van der Waals surface area (Å²) in [4.78, 5) is 0. The summed E-state index contributed by atoms with van der Waals surface area (Å²) in [5.74, 6) is 0. The average molecular weight is 186 g/mol. The quantitative estimate of drug-likeness (QED) is 0.439. The Hall–Kier alpha value is -0.930. The molecule has 0 amide bonds. The highest BCUT2D eigenvalue weighted by molar-refractivity contribution is 6.29. The van der Waals surface area contributed by atoms with Gasteiger partial charge in [-0.2, -0.15) is 0 Å². The van der Waals surface area contributed by atoms with Gasteiger partial charge in [0.05, 0.1) is 11.2 Å². The zero-order chi connectivity index (χ0) is 9.19. The lowest BCUT2D eigenvalue weighted by Crippen LogP contribution is -2.46. The molecule has 0 spiro atoms. The van der Waals surface area contributed by atoms with E-state index in [1.165, 1.54) is 0 Å². The molecule has 0 aromatic carbocycles. The topological polar surface area (TPSA) is 64.1 Å². The highest BCUT2D eigenvalue weighted by Crippen LogP contribution is 2.23. The first-order valence-corrected chi connectivity index (χ1v) is 3.98. The van der Waals surface area contributed by atoms with E-state index in [-0.39, 0.29) is 0 Å². The molecule has 66 valence electrons. The molecule has 1 atom stereocenters. The number of halogens is 1. The molecule has 5 N–H and O–H groups in total. The zero-order valence-corrected chi connectivity index (χ0v) is 7.43. The molecule has 1 aliphatic heterocycles. The monoisotopic (exact) mass is 185 g/mol. The molecule has 0 radical (unpaired) electrons. The second kappa shape index (κ2) is 3.21. The van der Waals surface area contributed by atoms with E-state index in [1.54, 1.807) is 18.4 Å². The van der Waals surface area contributed by atoms with Crippen LogP contribution in [-0.4, -0.2) is 5.54 Å². The lowest BCUT2D eigenvalue weighted by Gasteiger charge is -2.29. The van der Waals surface area contributed by atoms with Gasteiger partial charge in [-0.25, -0.2) is 0 Å². The number of dihydropyridines is 1. The second-order valence-electron chi connectivity index (χ2n) is 2.74. The Balaban J connectivity index is 2.95. The normalized spacial score (nSPS) is 28.5. The van der Waals surface area contributed by atoms with E-state index in [2.05, 4.69) is 11.9 Å². The number of nitrogens with one attached hydrogen (secondary N) is 1. The van der Waals surface area contributed by atoms with Gasteiger partial charge >= 0.3 is 0 Å². The molecule has 0 fully saturated rings. The number of nitrogens with two attached hydrogens (primary N) is 2. The van der Waals surface area contributed by atoms with E-state index in [0.29, 0.717) is 17.3 Å². The maximum atomic E-state index is 5.94. The Morgan fingerprint density at radius 1 is 1.75 bits per heavy atom. The van der Waals surface area contributed by atoms with Crippen LogP contribution in [0.4, 0.5) is 0 Å². The van der Waals surface area contributed by atoms with Gasteiger partial charge in [0.25, 0.3) is 0 Å². The molecule has 12 heavy (non-hydrogen) atoms. The standard InChI is InChI=1S/C8H12ClN3/c1-2-3-8(11)4-5-12-7(9)6(8)10/h2,4-5,12H,1,3,10-11H2. The van der Waals surface area contributed by atoms with Crippen molar-refractivity contribution in [2.24, 2.45) is 11.5 Å². The van der Waals surface area contributed by atoms with E-state index < -0.39 is 5.54 Å². The van der Waals surface area contributed by atoms with Crippen molar-refractivity contribution in [2.75, 3.05) is 0 Å². The molecule has 0 bridgehead atoms. The van der Waals surface area contributed by atoms with Crippen molar-refractivity contribution < 1.29 is 0 Å². The van der Waals surface area contributed by atoms with E-state index in [4.69, 9.17) is 23.1 Å². The fraction of sp³-hybridized carbons (Fsp3) is 0.250. The predicted molar refractivity (Wildman–Crippen MR) is 51.1 cm³/mol. The highest BCUT2D eigenvalue weighted by Gasteiger charge is 2.28. The number of rotatable bonds is 2. The van der Waals surface area contributed by atoms with Crippen molar-refractivity contribution in [3.63, 3.8) is 0 Å². The SMILES string of the molecule is C=CCC1(N)C=CNC(Cl)=C1N. The Bertz CT molecular complexity index is 257. The first kappa shape index (κ1) is 9.16. The molecule has 0 aromatic heterocycles. The molecule has 0 saturated carbocycles. The molecule has 0 saturated heterocycles. The molecular formula is C8H12ClN3. The molecule has 1 rings (SSSR count). The van der Waals surface area contributed by atoms with Gasteiger partial charge in [0.2, 0.25) is 0 Å². The van der Waals surface area contributed by atoms with Gasteiger partial charge in [-0.05, 0) is 12.5 Å². The van der Waals surface area contributed by atoms with Crippen molar-refractivity contribution in [2.45, 2.75) is 12.0 Å². The third kappa shape index (κ3) is 1.47. The van der Waals surface area contributed by atoms with Crippen LogP contribution in [0.2, 0.25) is 0 Å². The summed E-state index contributed by atoms with van der Waals surface area (Å²) in [6.07, 6.45) is 5.75. The summed E-state index contributed by atoms with van der Waals surface area (Å²) in [7, 11) is 0. The van der Waals surface area contributed by atoms with Crippen LogP contribution in [0.5, 0.6) is 0 Å². The molecule has 1 heterocycles. The summed E-state index contributed by atoms with van der Waals surface area (Å²) in [6, 6.07) is 0. The number of hydrogen-bond donors (Lipinski definition) is 3. The fourth-order valence-electron chi connectivity index (χ4n) is 1.05. The van der Waals surface area contributed by atoms with Crippen LogP contribution >= 0.6 is 11.6 Å². The average Bonchev–Trinajstić information content (AvgIpc) is 2.01. The first-order chi connectivity index (χ1) is 5.60. The number of hydrogen-bond acceptors (Lipinski definition) is 3. The highest BCUT2D eigenvalue weighted by atomic mass is 35.5. The van der Waals surface area contributed by atoms with Crippen molar-refractivity contribution >= 4 is 11.6 Å². The van der Waals surface area contributed by atoms with Crippen LogP contribution in [0.15, 0.2) is 35.8 Å². The molecular weight excluding hydrogens is 174 g/mol. The summed E-state index contributed by atoms with van der Waals surface area (Å²) < 4.78 is 0. The van der Waals surface area contributed by atoms with Crippen LogP contribution < -0.4 is 16.8 Å². The van der Waals surface area contributed by atoms with Crippen LogP contribution in [0.1, 0.15) is 6.42 Å². The lowest BCUT2D eigenvalue weighted by atomic mass is 9.92. The molecule has 4 heteroatoms. The Morgan fingerprint density at radius 3 is 3.00 bits per heavy atom. The van der Waals surface area contributed by atoms with Crippen molar-refractivity contribution in [3.05, 3.63) is 35.8 Å². The first-order valence-electron chi connectivity index (χ1n) is 3.60. The van der Waals surface area contributed by atoms with Gasteiger partial charge in [-0.3, -0.25) is 0 Å². The van der Waals surface area contributed by atoms with Gasteiger partial charge in [-0.15, -0.1) is 6.58 Å². The van der Waals surface area contributed by atoms with Gasteiger partial charge in [-0.1, -0.05) is 17.7 Å². The molecule has 1 aliphatic rings. The summed E-state index contributed by atoms with van der Waals surface area (Å²) in [6.45, 7) is 3.60. The minimum Gasteiger partial charge on any atom is -0.398 e. The smallest absolute Gasteiger partial charge is 0.127 e. The van der Waals surface area contributed by atoms with Gasteiger partial charge in [0, 0.05) is 6.20 Å². The largest absolute Gasteiger partial charge is 0.398 e. The Labute approximate surface area is 76.8 Å². The van der Waals surface area contributed by atoms with Crippen LogP contribution in [0.3, 0.4) is 0 Å². The molecule has 0 aliphatic carbocycles. The Kier molecular flexibility index (Phi) is 2.45. The van der Waals surface area contributed by atoms with Crippen molar-refractivity contribution in [3.8, 4) is 0 Å². The third-order valence-corrected chi connectivity index (χ3v) is 2.12. The van der Waals surface area contributed by atoms with E-state index >= 15 is 0 Å². The van der Waals surface area contributed by atoms with Crippen LogP contribution in [-0.2, 0) is 0 Å². The second-order valence-corrected chi connectivity index (χ2v) is 3.12. The summed E-state index contributed by atoms with van der Waals surface area (Å²) in [5.41, 5.74) is 11.4. The summed E-state index contributed by atoms with van der Waals surface area (Å²) in [5, 5.41) is 3.16. The third-order valence-electron chi connectivity index (χ3n) is 1.81.